The average Bonchev–Trinajstić information content (AvgIpc) is 3.72. The molecule has 3 aliphatic heterocycles. The van der Waals surface area contributed by atoms with E-state index in [4.69, 9.17) is 20.9 Å². The fourth-order valence-corrected chi connectivity index (χ4v) is 7.60. The van der Waals surface area contributed by atoms with Gasteiger partial charge in [0, 0.05) is 69.5 Å². The number of nitrogens with zero attached hydrogens (tertiary/aromatic N) is 7. The highest BCUT2D eigenvalue weighted by Gasteiger charge is 2.43. The van der Waals surface area contributed by atoms with Crippen LogP contribution in [0, 0.1) is 18.2 Å². The number of aromatic nitrogens is 3. The number of carbonyl (C=O) groups excluding carboxylic acids is 2. The normalized spacial score (nSPS) is 21.3. The highest BCUT2D eigenvalue weighted by atomic mass is 19.1. The molecule has 0 bridgehead atoms. The molecule has 2 aromatic carbocycles. The summed E-state index contributed by atoms with van der Waals surface area (Å²) in [7, 11) is 1.77. The maximum atomic E-state index is 15.0. The number of hydrogen-bond donors (Lipinski definition) is 1. The number of pyridine rings is 1. The fourth-order valence-electron chi connectivity index (χ4n) is 7.60. The van der Waals surface area contributed by atoms with Crippen molar-refractivity contribution in [2.45, 2.75) is 57.0 Å². The number of phenolic OH excluding ortho intramolecular Hbond substituents is 1. The molecule has 0 spiro atoms. The molecular weight excluding hydrogens is 684 g/mol. The monoisotopic (exact) mass is 723 g/mol. The second-order valence-corrected chi connectivity index (χ2v) is 13.9. The van der Waals surface area contributed by atoms with Crippen LogP contribution in [0.15, 0.2) is 61.4 Å². The van der Waals surface area contributed by atoms with Crippen LogP contribution in [0.4, 0.5) is 25.1 Å². The van der Waals surface area contributed by atoms with Gasteiger partial charge in [0.25, 0.3) is 0 Å². The number of hydrogen-bond acceptors (Lipinski definition) is 10. The molecule has 2 amide bonds. The lowest BCUT2D eigenvalue weighted by Gasteiger charge is -2.35. The molecule has 2 fully saturated rings. The number of benzene rings is 2. The van der Waals surface area contributed by atoms with Crippen LogP contribution in [0.2, 0.25) is 0 Å². The molecule has 53 heavy (non-hydrogen) atoms. The van der Waals surface area contributed by atoms with Crippen LogP contribution < -0.4 is 19.3 Å². The molecule has 1 N–H and O–H groups in total. The van der Waals surface area contributed by atoms with Crippen LogP contribution in [0.3, 0.4) is 0 Å². The van der Waals surface area contributed by atoms with E-state index in [1.165, 1.54) is 35.2 Å². The summed E-state index contributed by atoms with van der Waals surface area (Å²) in [5, 5.41) is 11.3. The zero-order valence-corrected chi connectivity index (χ0v) is 29.5. The van der Waals surface area contributed by atoms with Gasteiger partial charge in [0.15, 0.2) is 11.6 Å². The van der Waals surface area contributed by atoms with Gasteiger partial charge in [0.2, 0.25) is 5.91 Å². The average molecular weight is 724 g/mol. The third-order valence-corrected chi connectivity index (χ3v) is 10.2. The van der Waals surface area contributed by atoms with Gasteiger partial charge in [-0.3, -0.25) is 19.6 Å². The molecular formula is C39H39F2N7O5. The van der Waals surface area contributed by atoms with Crippen molar-refractivity contribution in [1.29, 1.82) is 0 Å². The number of likely N-dealkylation sites (N-methyl/N-ethyl adjacent to an activating group) is 1. The standard InChI is InChI=1S/C39H39F2N7O5/c1-5-29-30(41)12-11-25-15-28(49)16-32(34(25)29)48-22-31-35(53-38(48)51)36(45(4)21-27-10-8-14-47(27)33(50)6-2)44-37(43-31)52-23-39(3)17-26(40)20-46(39)19-24-9-7-13-42-18-24/h1,6-7,9,11-13,15-16,18,26-27,49H,2,8,10,14,17,19-23H2,3-4H3/t26-,27+,39+/m1/s1. The van der Waals surface area contributed by atoms with Crippen LogP contribution in [-0.4, -0.2) is 92.9 Å². The summed E-state index contributed by atoms with van der Waals surface area (Å²) in [5.41, 5.74) is 0.536. The molecule has 12 nitrogen and oxygen atoms in total. The molecule has 0 radical (unpaired) electrons. The van der Waals surface area contributed by atoms with Crippen molar-refractivity contribution in [3.05, 3.63) is 84.1 Å². The van der Waals surface area contributed by atoms with Crippen molar-refractivity contribution < 1.29 is 33.0 Å². The van der Waals surface area contributed by atoms with E-state index in [-0.39, 0.29) is 83.7 Å². The largest absolute Gasteiger partial charge is 0.508 e. The van der Waals surface area contributed by atoms with Crippen LogP contribution in [0.25, 0.3) is 10.8 Å². The Labute approximate surface area is 305 Å². The predicted molar refractivity (Wildman–Crippen MR) is 194 cm³/mol. The molecule has 4 aromatic rings. The first-order valence-corrected chi connectivity index (χ1v) is 17.3. The van der Waals surface area contributed by atoms with E-state index in [1.54, 1.807) is 29.2 Å². The van der Waals surface area contributed by atoms with Crippen molar-refractivity contribution in [2.75, 3.05) is 43.1 Å². The third-order valence-electron chi connectivity index (χ3n) is 10.2. The molecule has 3 atom stereocenters. The Hall–Kier alpha value is -5.81. The van der Waals surface area contributed by atoms with Crippen molar-refractivity contribution in [3.8, 4) is 29.9 Å². The van der Waals surface area contributed by atoms with Crippen LogP contribution in [0.5, 0.6) is 17.5 Å². The molecule has 5 heterocycles. The van der Waals surface area contributed by atoms with E-state index in [1.807, 2.05) is 24.0 Å². The second kappa shape index (κ2) is 14.3. The Morgan fingerprint density at radius 1 is 1.30 bits per heavy atom. The van der Waals surface area contributed by atoms with E-state index in [0.717, 1.165) is 18.4 Å². The van der Waals surface area contributed by atoms with Gasteiger partial charge >= 0.3 is 12.1 Å². The van der Waals surface area contributed by atoms with E-state index < -0.39 is 23.6 Å². The number of ether oxygens (including phenoxy) is 2. The Balaban J connectivity index is 1.25. The number of amides is 2. The summed E-state index contributed by atoms with van der Waals surface area (Å²) in [4.78, 5) is 46.8. The van der Waals surface area contributed by atoms with E-state index in [2.05, 4.69) is 22.5 Å². The Kier molecular flexibility index (Phi) is 9.61. The molecule has 2 saturated heterocycles. The number of fused-ring (bicyclic) bond motifs is 2. The zero-order chi connectivity index (χ0) is 37.4. The summed E-state index contributed by atoms with van der Waals surface area (Å²) in [5.74, 6) is 1.69. The Morgan fingerprint density at radius 2 is 2.13 bits per heavy atom. The predicted octanol–water partition coefficient (Wildman–Crippen LogP) is 5.36. The van der Waals surface area contributed by atoms with E-state index in [9.17, 15) is 23.5 Å². The summed E-state index contributed by atoms with van der Waals surface area (Å²) >= 11 is 0. The zero-order valence-electron chi connectivity index (χ0n) is 29.5. The van der Waals surface area contributed by atoms with Crippen molar-refractivity contribution in [3.63, 3.8) is 0 Å². The molecule has 3 aliphatic rings. The number of terminal acetylenes is 1. The fraction of sp³-hybridized carbons (Fsp3) is 0.359. The van der Waals surface area contributed by atoms with Gasteiger partial charge in [-0.25, -0.2) is 13.6 Å². The minimum atomic E-state index is -1.07. The molecule has 7 rings (SSSR count). The van der Waals surface area contributed by atoms with E-state index in [0.29, 0.717) is 25.0 Å². The van der Waals surface area contributed by atoms with Gasteiger partial charge < -0.3 is 24.4 Å². The van der Waals surface area contributed by atoms with Gasteiger partial charge in [0.05, 0.1) is 23.3 Å². The lowest BCUT2D eigenvalue weighted by atomic mass is 9.99. The van der Waals surface area contributed by atoms with Gasteiger partial charge in [-0.05, 0) is 55.0 Å². The van der Waals surface area contributed by atoms with Crippen LogP contribution in [0.1, 0.15) is 43.0 Å². The highest BCUT2D eigenvalue weighted by molar-refractivity contribution is 6.06. The number of likely N-dealkylation sites (tertiary alicyclic amines) is 2. The second-order valence-electron chi connectivity index (χ2n) is 13.9. The summed E-state index contributed by atoms with van der Waals surface area (Å²) in [6, 6.07) is 8.99. The molecule has 274 valence electrons. The quantitative estimate of drug-likeness (QED) is 0.169. The third kappa shape index (κ3) is 6.92. The van der Waals surface area contributed by atoms with Gasteiger partial charge in [-0.2, -0.15) is 9.97 Å². The molecule has 0 aliphatic carbocycles. The minimum Gasteiger partial charge on any atom is -0.508 e. The first-order chi connectivity index (χ1) is 25.5. The van der Waals surface area contributed by atoms with Gasteiger partial charge in [-0.15, -0.1) is 6.42 Å². The first-order valence-electron chi connectivity index (χ1n) is 17.3. The lowest BCUT2D eigenvalue weighted by Crippen LogP contribution is -2.45. The summed E-state index contributed by atoms with van der Waals surface area (Å²) in [6.45, 7) is 7.07. The van der Waals surface area contributed by atoms with Gasteiger partial charge in [-0.1, -0.05) is 24.6 Å². The number of rotatable bonds is 10. The number of aromatic hydroxyl groups is 1. The number of anilines is 2. The van der Waals surface area contributed by atoms with Crippen LogP contribution in [-0.2, 0) is 17.9 Å². The number of halogens is 2. The molecule has 2 aromatic heterocycles. The number of phenols is 1. The van der Waals surface area contributed by atoms with Crippen LogP contribution >= 0.6 is 0 Å². The molecule has 0 saturated carbocycles. The number of alkyl halides is 1. The Morgan fingerprint density at radius 3 is 2.89 bits per heavy atom. The smallest absolute Gasteiger partial charge is 0.420 e. The van der Waals surface area contributed by atoms with Crippen molar-refractivity contribution >= 4 is 34.3 Å². The highest BCUT2D eigenvalue weighted by Crippen LogP contribution is 2.42. The summed E-state index contributed by atoms with van der Waals surface area (Å²) < 4.78 is 42.1. The SMILES string of the molecule is C#Cc1c(F)ccc2cc(O)cc(N3Cc4nc(OC[C@]5(C)C[C@@H](F)CN5Cc5cccnc5)nc(N(C)C[C@@H]5CCCN5C(=O)C=C)c4OC3=O)c12. The maximum absolute atomic E-state index is 15.0. The Bertz CT molecular complexity index is 2130. The first kappa shape index (κ1) is 35.6. The topological polar surface area (TPSA) is 124 Å². The maximum Gasteiger partial charge on any atom is 0.420 e. The number of carbonyl (C=O) groups is 2. The molecule has 14 heteroatoms. The molecule has 0 unspecified atom stereocenters. The van der Waals surface area contributed by atoms with E-state index >= 15 is 0 Å². The van der Waals surface area contributed by atoms with Crippen molar-refractivity contribution in [2.24, 2.45) is 0 Å². The van der Waals surface area contributed by atoms with Gasteiger partial charge in [0.1, 0.15) is 30.0 Å². The lowest BCUT2D eigenvalue weighted by molar-refractivity contribution is -0.126. The van der Waals surface area contributed by atoms with Crippen molar-refractivity contribution in [1.82, 2.24) is 24.8 Å². The summed E-state index contributed by atoms with van der Waals surface area (Å²) in [6.07, 6.45) is 10.3. The minimum absolute atomic E-state index is 0.0325.